The molecule has 22 heavy (non-hydrogen) atoms. The first-order valence-corrected chi connectivity index (χ1v) is 8.13. The van der Waals surface area contributed by atoms with Gasteiger partial charge in [-0.3, -0.25) is 4.79 Å². The van der Waals surface area contributed by atoms with Crippen LogP contribution in [0.5, 0.6) is 0 Å². The quantitative estimate of drug-likeness (QED) is 0.446. The van der Waals surface area contributed by atoms with E-state index in [0.717, 1.165) is 23.8 Å². The molecule has 0 bridgehead atoms. The Hall–Kier alpha value is -1.95. The van der Waals surface area contributed by atoms with Gasteiger partial charge in [0, 0.05) is 18.0 Å². The molecule has 2 aromatic rings. The Kier molecular flexibility index (Phi) is 4.38. The number of allylic oxidation sites excluding steroid dienone is 1. The first-order valence-electron chi connectivity index (χ1n) is 7.14. The third-order valence-electron chi connectivity index (χ3n) is 3.50. The highest BCUT2D eigenvalue weighted by molar-refractivity contribution is 7.99. The molecule has 114 valence electrons. The Bertz CT molecular complexity index is 692. The molecular weight excluding hydrogens is 301 g/mol. The molecule has 0 radical (unpaired) electrons. The van der Waals surface area contributed by atoms with Crippen molar-refractivity contribution in [2.24, 2.45) is 0 Å². The summed E-state index contributed by atoms with van der Waals surface area (Å²) in [5.74, 6) is 1.34. The Labute approximate surface area is 132 Å². The van der Waals surface area contributed by atoms with Gasteiger partial charge in [0.05, 0.1) is 5.75 Å². The summed E-state index contributed by atoms with van der Waals surface area (Å²) in [6.45, 7) is 4.41. The molecule has 6 heteroatoms. The maximum Gasteiger partial charge on any atom is 0.191 e. The number of hydrogen-bond donors (Lipinski definition) is 0. The number of halogens is 1. The fourth-order valence-corrected chi connectivity index (χ4v) is 3.05. The minimum Gasteiger partial charge on any atom is -0.302 e. The van der Waals surface area contributed by atoms with Crippen LogP contribution in [0.15, 0.2) is 42.1 Å². The molecule has 1 fully saturated rings. The van der Waals surface area contributed by atoms with Crippen molar-refractivity contribution < 1.29 is 9.18 Å². The lowest BCUT2D eigenvalue weighted by Crippen LogP contribution is -2.06. The number of nitrogens with zero attached hydrogens (tertiary/aromatic N) is 3. The van der Waals surface area contributed by atoms with Crippen LogP contribution in [0.25, 0.3) is 0 Å². The van der Waals surface area contributed by atoms with Crippen LogP contribution < -0.4 is 0 Å². The summed E-state index contributed by atoms with van der Waals surface area (Å²) in [7, 11) is 0. The summed E-state index contributed by atoms with van der Waals surface area (Å²) in [5, 5.41) is 9.17. The summed E-state index contributed by atoms with van der Waals surface area (Å²) >= 11 is 1.36. The second-order valence-corrected chi connectivity index (χ2v) is 6.18. The number of hydrogen-bond acceptors (Lipinski definition) is 4. The van der Waals surface area contributed by atoms with E-state index in [1.165, 1.54) is 36.0 Å². The maximum atomic E-state index is 12.9. The first-order chi connectivity index (χ1) is 10.7. The van der Waals surface area contributed by atoms with Crippen molar-refractivity contribution in [1.29, 1.82) is 0 Å². The van der Waals surface area contributed by atoms with E-state index in [4.69, 9.17) is 0 Å². The number of thioether (sulfide) groups is 1. The first kappa shape index (κ1) is 15.0. The van der Waals surface area contributed by atoms with Crippen LogP contribution in [0, 0.1) is 5.82 Å². The van der Waals surface area contributed by atoms with Gasteiger partial charge in [0.2, 0.25) is 0 Å². The number of benzene rings is 1. The standard InChI is InChI=1S/C16H16FN3OS/c1-2-9-20-15(12-3-4-12)18-19-16(20)22-10-14(21)11-5-7-13(17)8-6-11/h2,5-8,12H,1,3-4,9-10H2. The number of aromatic nitrogens is 3. The van der Waals surface area contributed by atoms with E-state index >= 15 is 0 Å². The Morgan fingerprint density at radius 3 is 2.73 bits per heavy atom. The molecular formula is C16H16FN3OS. The van der Waals surface area contributed by atoms with Crippen LogP contribution in [0.4, 0.5) is 4.39 Å². The van der Waals surface area contributed by atoms with Gasteiger partial charge in [0.1, 0.15) is 11.6 Å². The van der Waals surface area contributed by atoms with Crippen LogP contribution >= 0.6 is 11.8 Å². The van der Waals surface area contributed by atoms with Crippen molar-refractivity contribution in [2.45, 2.75) is 30.5 Å². The lowest BCUT2D eigenvalue weighted by Gasteiger charge is -2.06. The number of ketones is 1. The fraction of sp³-hybridized carbons (Fsp3) is 0.312. The third kappa shape index (κ3) is 3.27. The lowest BCUT2D eigenvalue weighted by molar-refractivity contribution is 0.102. The summed E-state index contributed by atoms with van der Waals surface area (Å²) < 4.78 is 14.9. The van der Waals surface area contributed by atoms with Gasteiger partial charge in [-0.2, -0.15) is 0 Å². The van der Waals surface area contributed by atoms with Crippen LogP contribution in [-0.2, 0) is 6.54 Å². The van der Waals surface area contributed by atoms with Crippen molar-refractivity contribution >= 4 is 17.5 Å². The molecule has 4 nitrogen and oxygen atoms in total. The summed E-state index contributed by atoms with van der Waals surface area (Å²) in [6.07, 6.45) is 4.10. The highest BCUT2D eigenvalue weighted by atomic mass is 32.2. The zero-order valence-electron chi connectivity index (χ0n) is 12.0. The second-order valence-electron chi connectivity index (χ2n) is 5.23. The highest BCUT2D eigenvalue weighted by Crippen LogP contribution is 2.40. The molecule has 0 saturated heterocycles. The van der Waals surface area contributed by atoms with E-state index in [2.05, 4.69) is 16.8 Å². The summed E-state index contributed by atoms with van der Waals surface area (Å²) in [5.41, 5.74) is 0.506. The summed E-state index contributed by atoms with van der Waals surface area (Å²) in [6, 6.07) is 5.59. The van der Waals surface area contributed by atoms with Crippen molar-refractivity contribution in [1.82, 2.24) is 14.8 Å². The molecule has 1 aromatic heterocycles. The Balaban J connectivity index is 1.69. The SMILES string of the molecule is C=CCn1c(SCC(=O)c2ccc(F)cc2)nnc1C1CC1. The van der Waals surface area contributed by atoms with Crippen molar-refractivity contribution in [3.8, 4) is 0 Å². The summed E-state index contributed by atoms with van der Waals surface area (Å²) in [4.78, 5) is 12.1. The van der Waals surface area contributed by atoms with Gasteiger partial charge < -0.3 is 4.57 Å². The monoisotopic (exact) mass is 317 g/mol. The number of carbonyl (C=O) groups excluding carboxylic acids is 1. The average Bonchev–Trinajstić information content (AvgIpc) is 3.29. The van der Waals surface area contributed by atoms with Gasteiger partial charge >= 0.3 is 0 Å². The van der Waals surface area contributed by atoms with Gasteiger partial charge in [-0.25, -0.2) is 4.39 Å². The van der Waals surface area contributed by atoms with E-state index in [1.54, 1.807) is 6.08 Å². The molecule has 0 aliphatic heterocycles. The van der Waals surface area contributed by atoms with Gasteiger partial charge in [-0.1, -0.05) is 17.8 Å². The molecule has 0 spiro atoms. The van der Waals surface area contributed by atoms with E-state index in [0.29, 0.717) is 18.0 Å². The largest absolute Gasteiger partial charge is 0.302 e. The second kappa shape index (κ2) is 6.44. The van der Waals surface area contributed by atoms with Crippen molar-refractivity contribution in [3.05, 3.63) is 54.1 Å². The molecule has 0 unspecified atom stereocenters. The van der Waals surface area contributed by atoms with Gasteiger partial charge in [-0.05, 0) is 37.1 Å². The van der Waals surface area contributed by atoms with Gasteiger partial charge in [0.15, 0.2) is 10.9 Å². The molecule has 0 N–H and O–H groups in total. The van der Waals surface area contributed by atoms with Crippen LogP contribution in [0.1, 0.15) is 34.9 Å². The molecule has 1 aliphatic carbocycles. The molecule has 1 aromatic carbocycles. The third-order valence-corrected chi connectivity index (χ3v) is 4.46. The molecule has 1 saturated carbocycles. The Morgan fingerprint density at radius 1 is 1.36 bits per heavy atom. The minimum absolute atomic E-state index is 0.0499. The van der Waals surface area contributed by atoms with Crippen LogP contribution in [0.3, 0.4) is 0 Å². The average molecular weight is 317 g/mol. The number of carbonyl (C=O) groups is 1. The van der Waals surface area contributed by atoms with E-state index < -0.39 is 0 Å². The predicted molar refractivity (Wildman–Crippen MR) is 83.6 cm³/mol. The van der Waals surface area contributed by atoms with Crippen LogP contribution in [-0.4, -0.2) is 26.3 Å². The van der Waals surface area contributed by atoms with E-state index in [9.17, 15) is 9.18 Å². The zero-order valence-corrected chi connectivity index (χ0v) is 12.9. The van der Waals surface area contributed by atoms with Crippen molar-refractivity contribution in [2.75, 3.05) is 5.75 Å². The zero-order chi connectivity index (χ0) is 15.5. The normalized spacial score (nSPS) is 14.0. The molecule has 3 rings (SSSR count). The van der Waals surface area contributed by atoms with E-state index in [-0.39, 0.29) is 17.4 Å². The van der Waals surface area contributed by atoms with Gasteiger partial charge in [-0.15, -0.1) is 16.8 Å². The van der Waals surface area contributed by atoms with Crippen molar-refractivity contribution in [3.63, 3.8) is 0 Å². The fourth-order valence-electron chi connectivity index (χ4n) is 2.20. The number of rotatable bonds is 7. The predicted octanol–water partition coefficient (Wildman–Crippen LogP) is 3.46. The van der Waals surface area contributed by atoms with E-state index in [1.807, 2.05) is 4.57 Å². The van der Waals surface area contributed by atoms with Gasteiger partial charge in [0.25, 0.3) is 0 Å². The molecule has 0 amide bonds. The highest BCUT2D eigenvalue weighted by Gasteiger charge is 2.30. The lowest BCUT2D eigenvalue weighted by atomic mass is 10.1. The molecule has 1 aliphatic rings. The topological polar surface area (TPSA) is 47.8 Å². The molecule has 1 heterocycles. The van der Waals surface area contributed by atoms with Crippen LogP contribution in [0.2, 0.25) is 0 Å². The molecule has 0 atom stereocenters. The number of Topliss-reactive ketones (excluding diaryl/α,β-unsaturated/α-hetero) is 1. The minimum atomic E-state index is -0.344. The smallest absolute Gasteiger partial charge is 0.191 e. The maximum absolute atomic E-state index is 12.9. The Morgan fingerprint density at radius 2 is 2.09 bits per heavy atom.